The van der Waals surface area contributed by atoms with Crippen molar-refractivity contribution in [3.63, 3.8) is 0 Å². The lowest BCUT2D eigenvalue weighted by molar-refractivity contribution is -0.115. The van der Waals surface area contributed by atoms with Crippen LogP contribution in [-0.2, 0) is 11.2 Å². The summed E-state index contributed by atoms with van der Waals surface area (Å²) in [6.07, 6.45) is 0.163. The second kappa shape index (κ2) is 7.44. The molecule has 3 rings (SSSR count). The Kier molecular flexibility index (Phi) is 5.09. The highest BCUT2D eigenvalue weighted by molar-refractivity contribution is 7.10. The van der Waals surface area contributed by atoms with Gasteiger partial charge in [-0.1, -0.05) is 17.7 Å². The second-order valence-electron chi connectivity index (χ2n) is 5.56. The number of methoxy groups -OCH3 is 1. The molecule has 0 radical (unpaired) electrons. The Morgan fingerprint density at radius 3 is 2.72 bits per heavy atom. The van der Waals surface area contributed by atoms with Crippen molar-refractivity contribution < 1.29 is 13.9 Å². The predicted molar refractivity (Wildman–Crippen MR) is 97.6 cm³/mol. The van der Waals surface area contributed by atoms with Gasteiger partial charge < -0.3 is 10.1 Å². The van der Waals surface area contributed by atoms with Gasteiger partial charge in [0.15, 0.2) is 0 Å². The van der Waals surface area contributed by atoms with Crippen LogP contribution in [0.2, 0.25) is 0 Å². The number of nitrogens with one attached hydrogen (secondary N) is 1. The molecule has 0 spiro atoms. The van der Waals surface area contributed by atoms with E-state index in [1.54, 1.807) is 11.4 Å². The molecule has 0 aliphatic heterocycles. The summed E-state index contributed by atoms with van der Waals surface area (Å²) in [7, 11) is 1.53. The molecule has 6 heteroatoms. The van der Waals surface area contributed by atoms with Gasteiger partial charge in [0.1, 0.15) is 16.6 Å². The summed E-state index contributed by atoms with van der Waals surface area (Å²) in [6, 6.07) is 11.9. The monoisotopic (exact) mass is 356 g/mol. The number of ether oxygens (including phenoxy) is 1. The molecule has 1 heterocycles. The number of nitrogens with zero attached hydrogens (tertiary/aromatic N) is 1. The molecule has 0 atom stereocenters. The highest BCUT2D eigenvalue weighted by Crippen LogP contribution is 2.31. The minimum atomic E-state index is -0.359. The molecule has 0 aliphatic carbocycles. The Bertz CT molecular complexity index is 891. The number of hydrogen-bond acceptors (Lipinski definition) is 4. The van der Waals surface area contributed by atoms with E-state index in [-0.39, 0.29) is 18.1 Å². The molecule has 0 bridgehead atoms. The van der Waals surface area contributed by atoms with Crippen molar-refractivity contribution in [3.8, 4) is 17.0 Å². The second-order valence-corrected chi connectivity index (χ2v) is 6.50. The molecule has 1 amide bonds. The van der Waals surface area contributed by atoms with Crippen molar-refractivity contribution in [1.82, 2.24) is 4.98 Å². The maximum absolute atomic E-state index is 13.5. The zero-order chi connectivity index (χ0) is 17.8. The fourth-order valence-electron chi connectivity index (χ4n) is 2.38. The van der Waals surface area contributed by atoms with Crippen LogP contribution >= 0.6 is 11.3 Å². The Morgan fingerprint density at radius 1 is 1.24 bits per heavy atom. The molecule has 0 fully saturated rings. The largest absolute Gasteiger partial charge is 0.496 e. The smallest absolute Gasteiger partial charge is 0.231 e. The van der Waals surface area contributed by atoms with E-state index in [1.165, 1.54) is 30.6 Å². The molecule has 128 valence electrons. The van der Waals surface area contributed by atoms with E-state index in [1.807, 2.05) is 31.2 Å². The number of aryl methyl sites for hydroxylation is 1. The van der Waals surface area contributed by atoms with Crippen LogP contribution in [0.25, 0.3) is 11.3 Å². The van der Waals surface area contributed by atoms with E-state index >= 15 is 0 Å². The van der Waals surface area contributed by atoms with Crippen LogP contribution in [0.4, 0.5) is 10.1 Å². The number of benzene rings is 2. The lowest BCUT2D eigenvalue weighted by Gasteiger charge is -2.06. The van der Waals surface area contributed by atoms with Gasteiger partial charge in [-0.3, -0.25) is 4.79 Å². The highest BCUT2D eigenvalue weighted by atomic mass is 32.1. The van der Waals surface area contributed by atoms with Gasteiger partial charge in [-0.05, 0) is 37.3 Å². The Balaban J connectivity index is 1.72. The number of amides is 1. The van der Waals surface area contributed by atoms with Crippen LogP contribution in [-0.4, -0.2) is 18.0 Å². The minimum Gasteiger partial charge on any atom is -0.496 e. The van der Waals surface area contributed by atoms with Gasteiger partial charge in [0.25, 0.3) is 0 Å². The first-order valence-electron chi connectivity index (χ1n) is 7.70. The number of rotatable bonds is 5. The molecule has 4 nitrogen and oxygen atoms in total. The van der Waals surface area contributed by atoms with E-state index in [0.29, 0.717) is 22.0 Å². The number of carbonyl (C=O) groups is 1. The summed E-state index contributed by atoms with van der Waals surface area (Å²) in [5.41, 5.74) is 3.05. The fourth-order valence-corrected chi connectivity index (χ4v) is 3.17. The van der Waals surface area contributed by atoms with Crippen LogP contribution in [0.15, 0.2) is 47.8 Å². The third kappa shape index (κ3) is 4.22. The van der Waals surface area contributed by atoms with Crippen molar-refractivity contribution >= 4 is 22.9 Å². The Morgan fingerprint density at radius 2 is 2.00 bits per heavy atom. The number of halogens is 1. The average Bonchev–Trinajstić information content (AvgIpc) is 3.05. The molecule has 3 aromatic rings. The first-order chi connectivity index (χ1) is 12.0. The van der Waals surface area contributed by atoms with Gasteiger partial charge >= 0.3 is 0 Å². The zero-order valence-electron chi connectivity index (χ0n) is 13.9. The van der Waals surface area contributed by atoms with Gasteiger partial charge in [-0.15, -0.1) is 11.3 Å². The first kappa shape index (κ1) is 17.1. The Hall–Kier alpha value is -2.73. The number of aromatic nitrogens is 1. The first-order valence-corrected chi connectivity index (χ1v) is 8.58. The van der Waals surface area contributed by atoms with E-state index in [9.17, 15) is 9.18 Å². The van der Waals surface area contributed by atoms with Crippen molar-refractivity contribution in [2.24, 2.45) is 0 Å². The highest BCUT2D eigenvalue weighted by Gasteiger charge is 2.13. The van der Waals surface area contributed by atoms with Gasteiger partial charge in [0, 0.05) is 16.6 Å². The maximum Gasteiger partial charge on any atom is 0.231 e. The number of anilines is 1. The maximum atomic E-state index is 13.5. The van der Waals surface area contributed by atoms with Crippen molar-refractivity contribution in [3.05, 3.63) is 64.2 Å². The SMILES string of the molecule is COc1ccc(F)cc1-c1csc(CC(=O)Nc2ccc(C)cc2)n1. The predicted octanol–water partition coefficient (Wildman–Crippen LogP) is 4.45. The topological polar surface area (TPSA) is 51.2 Å². The molecular formula is C19H17FN2O2S. The lowest BCUT2D eigenvalue weighted by Crippen LogP contribution is -2.14. The van der Waals surface area contributed by atoms with Crippen molar-refractivity contribution in [2.45, 2.75) is 13.3 Å². The van der Waals surface area contributed by atoms with Crippen LogP contribution in [0.1, 0.15) is 10.6 Å². The molecular weight excluding hydrogens is 339 g/mol. The fraction of sp³-hybridized carbons (Fsp3) is 0.158. The van der Waals surface area contributed by atoms with Crippen LogP contribution in [0.3, 0.4) is 0 Å². The normalized spacial score (nSPS) is 10.5. The van der Waals surface area contributed by atoms with Crippen molar-refractivity contribution in [2.75, 3.05) is 12.4 Å². The third-order valence-corrected chi connectivity index (χ3v) is 4.49. The van der Waals surface area contributed by atoms with E-state index < -0.39 is 0 Å². The van der Waals surface area contributed by atoms with Crippen LogP contribution < -0.4 is 10.1 Å². The van der Waals surface area contributed by atoms with Gasteiger partial charge in [-0.2, -0.15) is 0 Å². The molecule has 1 aromatic heterocycles. The summed E-state index contributed by atoms with van der Waals surface area (Å²) < 4.78 is 18.8. The molecule has 25 heavy (non-hydrogen) atoms. The molecule has 0 saturated carbocycles. The van der Waals surface area contributed by atoms with Gasteiger partial charge in [0.2, 0.25) is 5.91 Å². The summed E-state index contributed by atoms with van der Waals surface area (Å²) in [4.78, 5) is 16.6. The quantitative estimate of drug-likeness (QED) is 0.735. The van der Waals surface area contributed by atoms with E-state index in [4.69, 9.17) is 4.74 Å². The summed E-state index contributed by atoms with van der Waals surface area (Å²) in [6.45, 7) is 1.99. The van der Waals surface area contributed by atoms with Gasteiger partial charge in [0.05, 0.1) is 19.2 Å². The molecule has 0 aliphatic rings. The third-order valence-electron chi connectivity index (χ3n) is 3.64. The molecule has 0 saturated heterocycles. The van der Waals surface area contributed by atoms with Crippen LogP contribution in [0.5, 0.6) is 5.75 Å². The average molecular weight is 356 g/mol. The molecule has 0 unspecified atom stereocenters. The summed E-state index contributed by atoms with van der Waals surface area (Å²) in [5, 5.41) is 5.30. The van der Waals surface area contributed by atoms with Crippen LogP contribution in [0, 0.1) is 12.7 Å². The minimum absolute atomic E-state index is 0.143. The summed E-state index contributed by atoms with van der Waals surface area (Å²) >= 11 is 1.36. The lowest BCUT2D eigenvalue weighted by atomic mass is 10.1. The summed E-state index contributed by atoms with van der Waals surface area (Å²) in [5.74, 6) is 0.0424. The number of hydrogen-bond donors (Lipinski definition) is 1. The Labute approximate surface area is 149 Å². The van der Waals surface area contributed by atoms with Crippen molar-refractivity contribution in [1.29, 1.82) is 0 Å². The van der Waals surface area contributed by atoms with Gasteiger partial charge in [-0.25, -0.2) is 9.37 Å². The molecule has 1 N–H and O–H groups in total. The number of carbonyl (C=O) groups excluding carboxylic acids is 1. The zero-order valence-corrected chi connectivity index (χ0v) is 14.7. The van der Waals surface area contributed by atoms with E-state index in [2.05, 4.69) is 10.3 Å². The van der Waals surface area contributed by atoms with E-state index in [0.717, 1.165) is 11.3 Å². The standard InChI is InChI=1S/C19H17FN2O2S/c1-12-3-6-14(7-4-12)21-18(23)10-19-22-16(11-25-19)15-9-13(20)5-8-17(15)24-2/h3-9,11H,10H2,1-2H3,(H,21,23). The molecule has 2 aromatic carbocycles. The number of thiazole rings is 1.